The SMILES string of the molecule is C[n+]1[c-]n(-c2[c-]c(Oc3[c-]c4c(cc3)c3ccccc3n4-c3nccc4oc5ccccc5c34)ccc2)c2ccccc21.[Pt]. The zero-order valence-electron chi connectivity index (χ0n) is 23.4. The van der Waals surface area contributed by atoms with Gasteiger partial charge < -0.3 is 22.9 Å². The van der Waals surface area contributed by atoms with Crippen LogP contribution in [0.1, 0.15) is 0 Å². The first-order valence-electron chi connectivity index (χ1n) is 14.0. The number of fused-ring (bicyclic) bond motifs is 7. The molecule has 0 amide bonds. The average Bonchev–Trinajstić information content (AvgIpc) is 3.70. The van der Waals surface area contributed by atoms with E-state index >= 15 is 0 Å². The van der Waals surface area contributed by atoms with Crippen molar-refractivity contribution >= 4 is 54.8 Å². The Morgan fingerprint density at radius 3 is 2.39 bits per heavy atom. The van der Waals surface area contributed by atoms with Gasteiger partial charge in [-0.3, -0.25) is 0 Å². The summed E-state index contributed by atoms with van der Waals surface area (Å²) in [6, 6.07) is 43.4. The van der Waals surface area contributed by atoms with E-state index in [1.807, 2.05) is 82.9 Å². The Bertz CT molecular complexity index is 2520. The molecule has 0 radical (unpaired) electrons. The van der Waals surface area contributed by atoms with Gasteiger partial charge in [0.05, 0.1) is 23.5 Å². The number of aromatic nitrogens is 4. The average molecular weight is 750 g/mol. The molecule has 9 rings (SSSR count). The summed E-state index contributed by atoms with van der Waals surface area (Å²) < 4.78 is 18.7. The van der Waals surface area contributed by atoms with Crippen molar-refractivity contribution in [1.82, 2.24) is 14.1 Å². The maximum atomic E-state index is 6.40. The van der Waals surface area contributed by atoms with Crippen LogP contribution in [0, 0.1) is 18.5 Å². The minimum absolute atomic E-state index is 0. The van der Waals surface area contributed by atoms with Crippen molar-refractivity contribution in [2.24, 2.45) is 7.05 Å². The molecule has 0 fully saturated rings. The van der Waals surface area contributed by atoms with Crippen molar-refractivity contribution in [3.8, 4) is 23.0 Å². The molecule has 4 aromatic heterocycles. The number of hydrogen-bond acceptors (Lipinski definition) is 3. The van der Waals surface area contributed by atoms with Crippen molar-refractivity contribution in [3.63, 3.8) is 0 Å². The molecule has 9 aromatic rings. The Kier molecular flexibility index (Phi) is 6.14. The van der Waals surface area contributed by atoms with Crippen molar-refractivity contribution < 1.29 is 34.8 Å². The molecule has 0 saturated heterocycles. The second-order valence-corrected chi connectivity index (χ2v) is 10.5. The zero-order valence-corrected chi connectivity index (χ0v) is 25.7. The maximum absolute atomic E-state index is 6.40. The van der Waals surface area contributed by atoms with Gasteiger partial charge >= 0.3 is 0 Å². The third-order valence-corrected chi connectivity index (χ3v) is 7.99. The molecule has 4 heterocycles. The van der Waals surface area contributed by atoms with E-state index in [0.717, 1.165) is 66.3 Å². The minimum Gasteiger partial charge on any atom is -0.510 e. The second kappa shape index (κ2) is 10.2. The number of imidazole rings is 1. The van der Waals surface area contributed by atoms with Gasteiger partial charge in [0.1, 0.15) is 17.0 Å². The van der Waals surface area contributed by atoms with Crippen LogP contribution >= 0.6 is 0 Å². The number of para-hydroxylation sites is 4. The van der Waals surface area contributed by atoms with Gasteiger partial charge in [0, 0.05) is 49.7 Å². The molecule has 0 unspecified atom stereocenters. The molecule has 44 heavy (non-hydrogen) atoms. The van der Waals surface area contributed by atoms with Gasteiger partial charge in [-0.1, -0.05) is 71.9 Å². The fraction of sp³-hybridized carbons (Fsp3) is 0.0270. The summed E-state index contributed by atoms with van der Waals surface area (Å²) in [6.45, 7) is 0. The molecule has 0 aliphatic rings. The van der Waals surface area contributed by atoms with Crippen LogP contribution in [0.3, 0.4) is 0 Å². The molecule has 5 aromatic carbocycles. The van der Waals surface area contributed by atoms with Gasteiger partial charge in [-0.25, -0.2) is 4.98 Å². The molecule has 0 spiro atoms. The van der Waals surface area contributed by atoms with Crippen LogP contribution in [0.25, 0.3) is 66.3 Å². The van der Waals surface area contributed by atoms with E-state index in [4.69, 9.17) is 14.1 Å². The van der Waals surface area contributed by atoms with Gasteiger partial charge in [-0.15, -0.1) is 29.7 Å². The quantitative estimate of drug-likeness (QED) is 0.135. The number of hydrogen-bond donors (Lipinski definition) is 0. The van der Waals surface area contributed by atoms with Crippen LogP contribution in [0.2, 0.25) is 0 Å². The molecule has 6 nitrogen and oxygen atoms in total. The molecule has 214 valence electrons. The van der Waals surface area contributed by atoms with Gasteiger partial charge in [-0.2, -0.15) is 18.2 Å². The monoisotopic (exact) mass is 749 g/mol. The summed E-state index contributed by atoms with van der Waals surface area (Å²) in [5, 5.41) is 4.16. The van der Waals surface area contributed by atoms with E-state index in [0.29, 0.717) is 11.5 Å². The van der Waals surface area contributed by atoms with Crippen molar-refractivity contribution in [2.45, 2.75) is 0 Å². The third-order valence-electron chi connectivity index (χ3n) is 7.99. The molecule has 0 N–H and O–H groups in total. The summed E-state index contributed by atoms with van der Waals surface area (Å²) in [5.74, 6) is 1.96. The zero-order chi connectivity index (χ0) is 28.5. The number of pyridine rings is 1. The second-order valence-electron chi connectivity index (χ2n) is 10.5. The number of benzene rings is 5. The first-order chi connectivity index (χ1) is 21.2. The van der Waals surface area contributed by atoms with Gasteiger partial charge in [-0.05, 0) is 23.6 Å². The van der Waals surface area contributed by atoms with E-state index in [1.165, 1.54) is 0 Å². The predicted octanol–water partition coefficient (Wildman–Crippen LogP) is 8.04. The standard InChI is InChI=1S/C37H22N4O2.Pt/c1-39-23-40(32-15-6-5-14-31(32)39)24-9-8-10-25(21-24)42-26-17-18-28-27-11-2-4-13-30(27)41(33(28)22-26)37-36-29-12-3-7-16-34(29)43-35(36)19-20-38-37;/h2-20H,1H3;/q-2;. The molecular formula is C37H22N4O2Pt-2. The molecular weight excluding hydrogens is 728 g/mol. The van der Waals surface area contributed by atoms with Crippen molar-refractivity contribution in [1.29, 1.82) is 0 Å². The Balaban J connectivity index is 0.00000289. The summed E-state index contributed by atoms with van der Waals surface area (Å²) in [7, 11) is 1.99. The topological polar surface area (TPSA) is 49.0 Å². The van der Waals surface area contributed by atoms with Crippen LogP contribution in [0.15, 0.2) is 120 Å². The number of furan rings is 1. The summed E-state index contributed by atoms with van der Waals surface area (Å²) in [5.41, 5.74) is 6.50. The molecule has 0 bridgehead atoms. The fourth-order valence-corrected chi connectivity index (χ4v) is 6.10. The van der Waals surface area contributed by atoms with Gasteiger partial charge in [0.2, 0.25) is 6.33 Å². The first-order valence-corrected chi connectivity index (χ1v) is 14.0. The molecule has 7 heteroatoms. The Hall–Kier alpha value is -5.19. The van der Waals surface area contributed by atoms with Crippen molar-refractivity contribution in [2.75, 3.05) is 0 Å². The smallest absolute Gasteiger partial charge is 0.242 e. The maximum Gasteiger partial charge on any atom is 0.242 e. The number of aryl methyl sites for hydroxylation is 1. The number of ether oxygens (including phenoxy) is 1. The van der Waals surface area contributed by atoms with Crippen LogP contribution in [-0.2, 0) is 28.1 Å². The Morgan fingerprint density at radius 2 is 1.48 bits per heavy atom. The Morgan fingerprint density at radius 1 is 0.705 bits per heavy atom. The number of rotatable bonds is 4. The minimum atomic E-state index is 0. The van der Waals surface area contributed by atoms with Crippen molar-refractivity contribution in [3.05, 3.63) is 134 Å². The van der Waals surface area contributed by atoms with Crippen LogP contribution < -0.4 is 9.30 Å². The summed E-state index contributed by atoms with van der Waals surface area (Å²) in [6.07, 6.45) is 5.17. The van der Waals surface area contributed by atoms with Crippen LogP contribution in [0.4, 0.5) is 0 Å². The normalized spacial score (nSPS) is 11.6. The van der Waals surface area contributed by atoms with E-state index in [9.17, 15) is 0 Å². The first kappa shape index (κ1) is 26.4. The van der Waals surface area contributed by atoms with Gasteiger partial charge in [0.15, 0.2) is 0 Å². The fourth-order valence-electron chi connectivity index (χ4n) is 6.10. The van der Waals surface area contributed by atoms with Crippen LogP contribution in [-0.4, -0.2) is 14.1 Å². The largest absolute Gasteiger partial charge is 0.510 e. The van der Waals surface area contributed by atoms with E-state index in [2.05, 4.69) is 65.5 Å². The van der Waals surface area contributed by atoms with Gasteiger partial charge in [0.25, 0.3) is 0 Å². The Labute approximate surface area is 266 Å². The molecule has 0 aliphatic heterocycles. The van der Waals surface area contributed by atoms with E-state index in [1.54, 1.807) is 6.20 Å². The molecule has 0 saturated carbocycles. The predicted molar refractivity (Wildman–Crippen MR) is 167 cm³/mol. The summed E-state index contributed by atoms with van der Waals surface area (Å²) >= 11 is 0. The molecule has 0 atom stereocenters. The van der Waals surface area contributed by atoms with Crippen LogP contribution in [0.5, 0.6) is 11.5 Å². The third kappa shape index (κ3) is 3.99. The van der Waals surface area contributed by atoms with E-state index in [-0.39, 0.29) is 21.1 Å². The summed E-state index contributed by atoms with van der Waals surface area (Å²) in [4.78, 5) is 4.89. The van der Waals surface area contributed by atoms with E-state index < -0.39 is 0 Å². The number of nitrogens with zero attached hydrogens (tertiary/aromatic N) is 4. The molecule has 0 aliphatic carbocycles.